The summed E-state index contributed by atoms with van der Waals surface area (Å²) >= 11 is 0. The maximum atomic E-state index is 0. The van der Waals surface area contributed by atoms with Gasteiger partial charge in [-0.3, -0.25) is 0 Å². The molecule has 2 radical (unpaired) electrons. The first-order valence-corrected chi connectivity index (χ1v) is 0. The first-order valence-electron chi connectivity index (χ1n) is 0. The van der Waals surface area contributed by atoms with Crippen LogP contribution in [0.25, 0.3) is 0 Å². The molecule has 0 atom stereocenters. The predicted molar refractivity (Wildman–Crippen MR) is 5.75 cm³/mol. The van der Waals surface area contributed by atoms with E-state index in [2.05, 4.69) is 0 Å². The third-order valence-corrected chi connectivity index (χ3v) is 0. The van der Waals surface area contributed by atoms with Crippen molar-refractivity contribution < 1.29 is 37.7 Å². The molecule has 0 heterocycles. The maximum Gasteiger partial charge on any atom is 3.00 e. The van der Waals surface area contributed by atoms with E-state index in [0.29, 0.717) is 0 Å². The molecule has 0 aliphatic rings. The number of hydrogen-bond acceptors (Lipinski definition) is 0. The van der Waals surface area contributed by atoms with Gasteiger partial charge in [0, 0.05) is 0 Å². The molecule has 0 bridgehead atoms. The van der Waals surface area contributed by atoms with E-state index in [1.165, 1.54) is 0 Å². The van der Waals surface area contributed by atoms with Crippen LogP contribution in [-0.4, -0.2) is 24.4 Å². The van der Waals surface area contributed by atoms with Crippen molar-refractivity contribution >= 4 is 24.4 Å². The number of rotatable bonds is 0. The fraction of sp³-hybridized carbons (Fsp3) is 0. The monoisotopic (exact) mass is 204 g/mol. The molecule has 0 nitrogen and oxygen atoms in total. The Bertz CT molecular complexity index is 7.51. The van der Waals surface area contributed by atoms with Gasteiger partial charge in [-0.2, -0.15) is 0 Å². The molecule has 0 spiro atoms. The van der Waals surface area contributed by atoms with E-state index in [4.69, 9.17) is 0 Å². The van der Waals surface area contributed by atoms with Gasteiger partial charge in [0.15, 0.2) is 0 Å². The van der Waals surface area contributed by atoms with Gasteiger partial charge in [0.1, 0.15) is 0 Å². The fourth-order valence-electron chi connectivity index (χ4n) is 0. The van der Waals surface area contributed by atoms with Gasteiger partial charge < -0.3 is 18.8 Å². The van der Waals surface area contributed by atoms with Crippen molar-refractivity contribution in [3.8, 4) is 0 Å². The zero-order valence-corrected chi connectivity index (χ0v) is 5.51. The molecule has 0 aliphatic carbocycles. The molecular formula is F4LiSb. The second-order valence-corrected chi connectivity index (χ2v) is 0. The van der Waals surface area contributed by atoms with Gasteiger partial charge in [0.05, 0.1) is 0 Å². The summed E-state index contributed by atoms with van der Waals surface area (Å²) in [6.45, 7) is 0. The topological polar surface area (TPSA) is 0 Å². The van der Waals surface area contributed by atoms with Gasteiger partial charge in [0.2, 0.25) is 0 Å². The Morgan fingerprint density at radius 2 is 0.500 bits per heavy atom. The maximum absolute atomic E-state index is 0. The molecule has 0 unspecified atom stereocenters. The van der Waals surface area contributed by atoms with Crippen LogP contribution in [0.4, 0.5) is 0 Å². The first-order chi connectivity index (χ1) is 0. The van der Waals surface area contributed by atoms with E-state index in [1.54, 1.807) is 0 Å². The Kier molecular flexibility index (Phi) is 4360. The van der Waals surface area contributed by atoms with Crippen LogP contribution in [-0.2, 0) is 0 Å². The second-order valence-electron chi connectivity index (χ2n) is 0. The molecule has 0 aromatic carbocycles. The summed E-state index contributed by atoms with van der Waals surface area (Å²) in [5, 5.41) is 0. The van der Waals surface area contributed by atoms with Crippen molar-refractivity contribution in [2.75, 3.05) is 0 Å². The first kappa shape index (κ1) is 208. The standard InChI is InChI=1S/4FH.Li.Sb/h4*1H;;/q;;;;+1;+3/p-4. The van der Waals surface area contributed by atoms with E-state index in [1.807, 2.05) is 0 Å². The normalized spacial score (nSPS) is 0. The molecule has 0 aromatic rings. The molecule has 0 aliphatic heterocycles. The molecule has 6 heavy (non-hydrogen) atoms. The second kappa shape index (κ2) is 125. The SMILES string of the molecule is [F-].[F-].[F-].[F-].[Li+].[Sb+3]. The smallest absolute Gasteiger partial charge is 1.00 e. The van der Waals surface area contributed by atoms with Crippen molar-refractivity contribution in [3.63, 3.8) is 0 Å². The molecule has 0 aromatic heterocycles. The third kappa shape index (κ3) is 68.1. The molecular weight excluding hydrogens is 205 g/mol. The average molecular weight is 205 g/mol. The molecule has 0 N–H and O–H groups in total. The van der Waals surface area contributed by atoms with Crippen LogP contribution in [0.15, 0.2) is 0 Å². The summed E-state index contributed by atoms with van der Waals surface area (Å²) in [5.41, 5.74) is 0. The van der Waals surface area contributed by atoms with E-state index in [9.17, 15) is 0 Å². The van der Waals surface area contributed by atoms with E-state index >= 15 is 0 Å². The molecule has 0 fully saturated rings. The Labute approximate surface area is 62.2 Å². The Morgan fingerprint density at radius 1 is 0.500 bits per heavy atom. The zero-order valence-electron chi connectivity index (χ0n) is 2.96. The van der Waals surface area contributed by atoms with Crippen molar-refractivity contribution in [1.29, 1.82) is 0 Å². The van der Waals surface area contributed by atoms with Crippen LogP contribution < -0.4 is 37.7 Å². The Morgan fingerprint density at radius 3 is 0.500 bits per heavy atom. The average Bonchev–Trinajstić information content (AvgIpc) is 0. The summed E-state index contributed by atoms with van der Waals surface area (Å²) in [5.74, 6) is 0. The minimum absolute atomic E-state index is 0. The summed E-state index contributed by atoms with van der Waals surface area (Å²) in [6, 6.07) is 0. The largest absolute Gasteiger partial charge is 3.00 e. The predicted octanol–water partition coefficient (Wildman–Crippen LogP) is -15.4. The van der Waals surface area contributed by atoms with Crippen LogP contribution >= 0.6 is 0 Å². The van der Waals surface area contributed by atoms with Crippen molar-refractivity contribution in [3.05, 3.63) is 0 Å². The van der Waals surface area contributed by atoms with Gasteiger partial charge >= 0.3 is 43.3 Å². The van der Waals surface area contributed by atoms with Gasteiger partial charge in [-0.1, -0.05) is 0 Å². The van der Waals surface area contributed by atoms with E-state index < -0.39 is 0 Å². The van der Waals surface area contributed by atoms with E-state index in [-0.39, 0.29) is 62.1 Å². The fourth-order valence-corrected chi connectivity index (χ4v) is 0. The van der Waals surface area contributed by atoms with Gasteiger partial charge in [-0.25, -0.2) is 0 Å². The molecule has 0 amide bonds. The van der Waals surface area contributed by atoms with E-state index in [0.717, 1.165) is 0 Å². The minimum atomic E-state index is 0. The van der Waals surface area contributed by atoms with Crippen molar-refractivity contribution in [2.45, 2.75) is 0 Å². The van der Waals surface area contributed by atoms with Crippen LogP contribution in [0.3, 0.4) is 0 Å². The van der Waals surface area contributed by atoms with Crippen LogP contribution in [0.2, 0.25) is 0 Å². The van der Waals surface area contributed by atoms with Crippen LogP contribution in [0, 0.1) is 0 Å². The quantitative estimate of drug-likeness (QED) is 0.272. The molecule has 0 saturated heterocycles. The van der Waals surface area contributed by atoms with Gasteiger partial charge in [0.25, 0.3) is 0 Å². The third-order valence-electron chi connectivity index (χ3n) is 0. The molecule has 6 heteroatoms. The van der Waals surface area contributed by atoms with Gasteiger partial charge in [-0.15, -0.1) is 0 Å². The number of hydrogen-bond donors (Lipinski definition) is 0. The van der Waals surface area contributed by atoms with Crippen LogP contribution in [0.5, 0.6) is 0 Å². The van der Waals surface area contributed by atoms with Crippen molar-refractivity contribution in [2.24, 2.45) is 0 Å². The molecule has 0 saturated carbocycles. The Balaban J connectivity index is 0. The zero-order chi connectivity index (χ0) is 0. The van der Waals surface area contributed by atoms with Crippen LogP contribution in [0.1, 0.15) is 0 Å². The van der Waals surface area contributed by atoms with Crippen molar-refractivity contribution in [1.82, 2.24) is 0 Å². The minimum Gasteiger partial charge on any atom is -1.00 e. The Hall–Kier alpha value is 1.14. The number of halogens is 4. The molecule has 34 valence electrons. The van der Waals surface area contributed by atoms with Gasteiger partial charge in [-0.05, 0) is 0 Å². The summed E-state index contributed by atoms with van der Waals surface area (Å²) in [7, 11) is 0. The summed E-state index contributed by atoms with van der Waals surface area (Å²) in [6.07, 6.45) is 0. The summed E-state index contributed by atoms with van der Waals surface area (Å²) in [4.78, 5) is 0. The molecule has 0 rings (SSSR count). The summed E-state index contributed by atoms with van der Waals surface area (Å²) < 4.78 is 0.